The molecular weight excluding hydrogens is 372 g/mol. The number of hydrogen-bond acceptors (Lipinski definition) is 3. The number of nitrogens with one attached hydrogen (secondary N) is 1. The fourth-order valence-electron chi connectivity index (χ4n) is 2.88. The number of benzene rings is 2. The average Bonchev–Trinajstić information content (AvgIpc) is 2.91. The summed E-state index contributed by atoms with van der Waals surface area (Å²) < 4.78 is 24.9. The zero-order chi connectivity index (χ0) is 19.1. The van der Waals surface area contributed by atoms with Gasteiger partial charge in [-0.1, -0.05) is 29.8 Å². The standard InChI is InChI=1S/C19H19ClN2O3S/c1-12(13-5-8-16(9-6-13)26(3,24)25)21-19(23)18-10-14-4-7-15(20)11-17(14)22(18)2/h4-12H,1-3H3,(H,21,23)/t12-/m1/s1. The lowest BCUT2D eigenvalue weighted by molar-refractivity contribution is 0.0932. The number of aryl methyl sites for hydroxylation is 1. The van der Waals surface area contributed by atoms with E-state index in [2.05, 4.69) is 5.32 Å². The van der Waals surface area contributed by atoms with E-state index in [1.807, 2.05) is 32.2 Å². The van der Waals surface area contributed by atoms with Gasteiger partial charge in [0.05, 0.1) is 10.9 Å². The molecule has 26 heavy (non-hydrogen) atoms. The Morgan fingerprint density at radius 3 is 2.38 bits per heavy atom. The third-order valence-electron chi connectivity index (χ3n) is 4.40. The zero-order valence-corrected chi connectivity index (χ0v) is 16.2. The summed E-state index contributed by atoms with van der Waals surface area (Å²) in [6.07, 6.45) is 1.17. The molecule has 2 aromatic carbocycles. The van der Waals surface area contributed by atoms with Crippen LogP contribution >= 0.6 is 11.6 Å². The summed E-state index contributed by atoms with van der Waals surface area (Å²) in [6.45, 7) is 1.85. The molecule has 0 unspecified atom stereocenters. The van der Waals surface area contributed by atoms with Crippen LogP contribution in [0.4, 0.5) is 0 Å². The Hall–Kier alpha value is -2.31. The van der Waals surface area contributed by atoms with Crippen molar-refractivity contribution >= 4 is 38.2 Å². The van der Waals surface area contributed by atoms with E-state index in [4.69, 9.17) is 11.6 Å². The second kappa shape index (κ2) is 6.78. The van der Waals surface area contributed by atoms with Gasteiger partial charge in [0.2, 0.25) is 0 Å². The number of hydrogen-bond donors (Lipinski definition) is 1. The summed E-state index contributed by atoms with van der Waals surface area (Å²) in [7, 11) is -1.42. The number of sulfone groups is 1. The van der Waals surface area contributed by atoms with Gasteiger partial charge in [-0.3, -0.25) is 4.79 Å². The predicted molar refractivity (Wildman–Crippen MR) is 103 cm³/mol. The summed E-state index contributed by atoms with van der Waals surface area (Å²) >= 11 is 6.03. The molecule has 0 bridgehead atoms. The van der Waals surface area contributed by atoms with E-state index in [1.54, 1.807) is 34.9 Å². The van der Waals surface area contributed by atoms with E-state index < -0.39 is 9.84 Å². The molecule has 5 nitrogen and oxygen atoms in total. The minimum Gasteiger partial charge on any atom is -0.344 e. The van der Waals surface area contributed by atoms with Crippen molar-refractivity contribution in [2.75, 3.05) is 6.26 Å². The molecular formula is C19H19ClN2O3S. The molecule has 1 N–H and O–H groups in total. The van der Waals surface area contributed by atoms with Crippen LogP contribution in [0.25, 0.3) is 10.9 Å². The quantitative estimate of drug-likeness (QED) is 0.738. The number of amides is 1. The van der Waals surface area contributed by atoms with Gasteiger partial charge in [-0.15, -0.1) is 0 Å². The third-order valence-corrected chi connectivity index (χ3v) is 5.76. The molecule has 0 saturated heterocycles. The molecule has 136 valence electrons. The lowest BCUT2D eigenvalue weighted by Gasteiger charge is -2.15. The first-order chi connectivity index (χ1) is 12.2. The van der Waals surface area contributed by atoms with Crippen molar-refractivity contribution in [2.24, 2.45) is 7.05 Å². The second-order valence-electron chi connectivity index (χ2n) is 6.33. The molecule has 0 aliphatic rings. The first kappa shape index (κ1) is 18.5. The molecule has 0 aliphatic carbocycles. The van der Waals surface area contributed by atoms with Crippen molar-refractivity contribution in [3.05, 3.63) is 64.8 Å². The lowest BCUT2D eigenvalue weighted by Crippen LogP contribution is -2.28. The summed E-state index contributed by atoms with van der Waals surface area (Å²) in [5.41, 5.74) is 2.24. The summed E-state index contributed by atoms with van der Waals surface area (Å²) in [5, 5.41) is 4.50. The van der Waals surface area contributed by atoms with Crippen molar-refractivity contribution in [1.82, 2.24) is 9.88 Å². The van der Waals surface area contributed by atoms with Crippen LogP contribution in [0.3, 0.4) is 0 Å². The minimum atomic E-state index is -3.24. The number of carbonyl (C=O) groups is 1. The van der Waals surface area contributed by atoms with E-state index in [0.717, 1.165) is 16.5 Å². The Labute approximate surface area is 157 Å². The van der Waals surface area contributed by atoms with Crippen LogP contribution in [0.1, 0.15) is 29.0 Å². The largest absolute Gasteiger partial charge is 0.344 e. The van der Waals surface area contributed by atoms with Gasteiger partial charge in [0.1, 0.15) is 5.69 Å². The average molecular weight is 391 g/mol. The van der Waals surface area contributed by atoms with E-state index in [0.29, 0.717) is 10.7 Å². The SMILES string of the molecule is C[C@@H](NC(=O)c1cc2ccc(Cl)cc2n1C)c1ccc(S(C)(=O)=O)cc1. The molecule has 1 atom stereocenters. The van der Waals surface area contributed by atoms with Crippen LogP contribution in [0.15, 0.2) is 53.4 Å². The number of fused-ring (bicyclic) bond motifs is 1. The first-order valence-electron chi connectivity index (χ1n) is 8.02. The second-order valence-corrected chi connectivity index (χ2v) is 8.78. The van der Waals surface area contributed by atoms with Crippen LogP contribution in [0.2, 0.25) is 5.02 Å². The van der Waals surface area contributed by atoms with Crippen molar-refractivity contribution in [1.29, 1.82) is 0 Å². The highest BCUT2D eigenvalue weighted by Gasteiger charge is 2.17. The lowest BCUT2D eigenvalue weighted by atomic mass is 10.1. The Balaban J connectivity index is 1.82. The molecule has 0 radical (unpaired) electrons. The molecule has 3 rings (SSSR count). The number of aromatic nitrogens is 1. The summed E-state index contributed by atoms with van der Waals surface area (Å²) in [5.74, 6) is -0.209. The zero-order valence-electron chi connectivity index (χ0n) is 14.7. The number of nitrogens with zero attached hydrogens (tertiary/aromatic N) is 1. The summed E-state index contributed by atoms with van der Waals surface area (Å²) in [4.78, 5) is 12.9. The highest BCUT2D eigenvalue weighted by molar-refractivity contribution is 7.90. The number of rotatable bonds is 4. The maximum absolute atomic E-state index is 12.7. The Kier molecular flexibility index (Phi) is 4.82. The van der Waals surface area contributed by atoms with Crippen molar-refractivity contribution in [3.8, 4) is 0 Å². The normalized spacial score (nSPS) is 12.9. The van der Waals surface area contributed by atoms with Gasteiger partial charge in [-0.25, -0.2) is 8.42 Å². The molecule has 0 spiro atoms. The highest BCUT2D eigenvalue weighted by atomic mass is 35.5. The maximum Gasteiger partial charge on any atom is 0.268 e. The van der Waals surface area contributed by atoms with E-state index in [1.165, 1.54) is 6.26 Å². The molecule has 0 saturated carbocycles. The molecule has 7 heteroatoms. The monoisotopic (exact) mass is 390 g/mol. The van der Waals surface area contributed by atoms with Gasteiger partial charge in [0, 0.05) is 29.2 Å². The fraction of sp³-hybridized carbons (Fsp3) is 0.211. The molecule has 1 heterocycles. The van der Waals surface area contributed by atoms with Crippen LogP contribution in [-0.2, 0) is 16.9 Å². The molecule has 0 aliphatic heterocycles. The van der Waals surface area contributed by atoms with E-state index in [-0.39, 0.29) is 16.8 Å². The van der Waals surface area contributed by atoms with Crippen LogP contribution in [0.5, 0.6) is 0 Å². The third kappa shape index (κ3) is 3.61. The Morgan fingerprint density at radius 2 is 1.77 bits per heavy atom. The maximum atomic E-state index is 12.7. The molecule has 0 fully saturated rings. The van der Waals surface area contributed by atoms with Crippen molar-refractivity contribution < 1.29 is 13.2 Å². The smallest absolute Gasteiger partial charge is 0.268 e. The van der Waals surface area contributed by atoms with Gasteiger partial charge >= 0.3 is 0 Å². The predicted octanol–water partition coefficient (Wildman–Crippen LogP) is 3.73. The Bertz CT molecular complexity index is 1090. The molecule has 3 aromatic rings. The topological polar surface area (TPSA) is 68.2 Å². The van der Waals surface area contributed by atoms with Crippen molar-refractivity contribution in [2.45, 2.75) is 17.9 Å². The first-order valence-corrected chi connectivity index (χ1v) is 10.3. The van der Waals surface area contributed by atoms with Gasteiger partial charge in [-0.05, 0) is 42.8 Å². The Morgan fingerprint density at radius 1 is 1.12 bits per heavy atom. The van der Waals surface area contributed by atoms with Crippen LogP contribution in [-0.4, -0.2) is 25.1 Å². The van der Waals surface area contributed by atoms with Crippen LogP contribution < -0.4 is 5.32 Å². The molecule has 1 amide bonds. The summed E-state index contributed by atoms with van der Waals surface area (Å²) in [6, 6.07) is 13.6. The molecule has 1 aromatic heterocycles. The van der Waals surface area contributed by atoms with E-state index in [9.17, 15) is 13.2 Å². The number of halogens is 1. The van der Waals surface area contributed by atoms with Gasteiger partial charge in [0.15, 0.2) is 9.84 Å². The fourth-order valence-corrected chi connectivity index (χ4v) is 3.68. The van der Waals surface area contributed by atoms with E-state index >= 15 is 0 Å². The minimum absolute atomic E-state index is 0.209. The van der Waals surface area contributed by atoms with Gasteiger partial charge in [0.25, 0.3) is 5.91 Å². The van der Waals surface area contributed by atoms with Crippen molar-refractivity contribution in [3.63, 3.8) is 0 Å². The number of carbonyl (C=O) groups excluding carboxylic acids is 1. The van der Waals surface area contributed by atoms with Gasteiger partial charge < -0.3 is 9.88 Å². The van der Waals surface area contributed by atoms with Crippen LogP contribution in [0, 0.1) is 0 Å². The highest BCUT2D eigenvalue weighted by Crippen LogP contribution is 2.23. The van der Waals surface area contributed by atoms with Gasteiger partial charge in [-0.2, -0.15) is 0 Å².